The zero-order valence-corrected chi connectivity index (χ0v) is 51.2. The van der Waals surface area contributed by atoms with Crippen LogP contribution >= 0.6 is 0 Å². The van der Waals surface area contributed by atoms with E-state index >= 15 is 0 Å². The van der Waals surface area contributed by atoms with Gasteiger partial charge < -0.3 is 40.3 Å². The van der Waals surface area contributed by atoms with E-state index < -0.39 is 36.0 Å². The van der Waals surface area contributed by atoms with Crippen LogP contribution in [0.3, 0.4) is 0 Å². The number of hydrogen-bond donors (Lipinski definition) is 2. The van der Waals surface area contributed by atoms with Crippen molar-refractivity contribution in [3.8, 4) is 69.1 Å². The summed E-state index contributed by atoms with van der Waals surface area (Å²) in [7, 11) is 0. The fourth-order valence-corrected chi connectivity index (χ4v) is 7.27. The van der Waals surface area contributed by atoms with Gasteiger partial charge in [-0.3, -0.25) is 50.5 Å². The standard InChI is InChI=1S/C11H8F3N7.2C11H6F3N7.2C11H10N2.2Pt/c3*1-5-15-8(19-18-5)6-3-2-4-7(16-6)9-17-10(21-20-9)11(12,13)14;2*1-5-12-6-2-10(1)9-11-3-7-13-8-4-11;;/h2-4H,1H3,(H,15,18,19)(H,17,20,21);2*2-4H,1H3;2*1-8H,9H2;;/q;2*-2;;;2*+2. The van der Waals surface area contributed by atoms with Crippen LogP contribution in [0.4, 0.5) is 39.5 Å². The van der Waals surface area contributed by atoms with Crippen molar-refractivity contribution in [1.82, 2.24) is 126 Å². The van der Waals surface area contributed by atoms with E-state index in [9.17, 15) is 39.5 Å². The number of rotatable bonds is 10. The molecule has 0 atom stereocenters. The third kappa shape index (κ3) is 19.8. The molecule has 0 aromatic carbocycles. The summed E-state index contributed by atoms with van der Waals surface area (Å²) in [5.41, 5.74) is 6.76. The van der Waals surface area contributed by atoms with Crippen molar-refractivity contribution >= 4 is 0 Å². The van der Waals surface area contributed by atoms with Crippen LogP contribution in [0.15, 0.2) is 153 Å². The van der Waals surface area contributed by atoms with Gasteiger partial charge in [0.15, 0.2) is 11.6 Å². The number of halogens is 9. The van der Waals surface area contributed by atoms with Crippen molar-refractivity contribution in [3.63, 3.8) is 0 Å². The normalized spacial score (nSPS) is 11.0. The fraction of sp³-hybridized carbons (Fsp3) is 0.145. The van der Waals surface area contributed by atoms with E-state index in [2.05, 4.69) is 121 Å². The molecule has 0 amide bonds. The van der Waals surface area contributed by atoms with Crippen LogP contribution in [0, 0.1) is 20.8 Å². The molecule has 0 saturated carbocycles. The summed E-state index contributed by atoms with van der Waals surface area (Å²) in [4.78, 5) is 50.5. The number of aromatic amines is 2. The van der Waals surface area contributed by atoms with Crippen LogP contribution in [-0.2, 0) is 73.5 Å². The minimum atomic E-state index is -4.64. The van der Waals surface area contributed by atoms with Gasteiger partial charge >= 0.3 is 60.7 Å². The van der Waals surface area contributed by atoms with Crippen LogP contribution in [0.1, 0.15) is 57.2 Å². The molecule has 0 aliphatic rings. The molecule has 13 aromatic heterocycles. The van der Waals surface area contributed by atoms with E-state index in [-0.39, 0.29) is 88.3 Å². The first-order chi connectivity index (χ1) is 42.7. The van der Waals surface area contributed by atoms with Gasteiger partial charge in [0, 0.05) is 61.2 Å². The molecule has 91 heavy (non-hydrogen) atoms. The van der Waals surface area contributed by atoms with E-state index in [0.717, 1.165) is 12.8 Å². The Kier molecular flexibility index (Phi) is 23.4. The minimum Gasteiger partial charge on any atom is -0.421 e. The molecule has 13 rings (SSSR count). The monoisotopic (exact) mass is 1610 g/mol. The van der Waals surface area contributed by atoms with Crippen molar-refractivity contribution in [3.05, 3.63) is 210 Å². The fourth-order valence-electron chi connectivity index (χ4n) is 7.27. The maximum atomic E-state index is 12.5. The quantitative estimate of drug-likeness (QED) is 0.121. The summed E-state index contributed by atoms with van der Waals surface area (Å²) in [6.07, 6.45) is 2.57. The summed E-state index contributed by atoms with van der Waals surface area (Å²) in [6, 6.07) is 30.3. The van der Waals surface area contributed by atoms with Gasteiger partial charge in [0.25, 0.3) is 0 Å². The Labute approximate surface area is 536 Å². The van der Waals surface area contributed by atoms with E-state index in [0.29, 0.717) is 40.4 Å². The van der Waals surface area contributed by atoms with Crippen molar-refractivity contribution in [2.75, 3.05) is 0 Å². The third-order valence-electron chi connectivity index (χ3n) is 11.3. The molecule has 36 heteroatoms. The predicted octanol–water partition coefficient (Wildman–Crippen LogP) is 8.58. The van der Waals surface area contributed by atoms with E-state index in [1.807, 2.05) is 103 Å². The van der Waals surface area contributed by atoms with E-state index in [4.69, 9.17) is 0 Å². The summed E-state index contributed by atoms with van der Waals surface area (Å²) in [6.45, 7) is 5.06. The molecule has 0 saturated heterocycles. The smallest absolute Gasteiger partial charge is 0.421 e. The van der Waals surface area contributed by atoms with Gasteiger partial charge in [-0.2, -0.15) is 49.7 Å². The van der Waals surface area contributed by atoms with Crippen LogP contribution in [0.5, 0.6) is 0 Å². The molecule has 25 nitrogen and oxygen atoms in total. The second-order valence-corrected chi connectivity index (χ2v) is 18.0. The second-order valence-electron chi connectivity index (χ2n) is 18.0. The second kappa shape index (κ2) is 31.2. The van der Waals surface area contributed by atoms with Gasteiger partial charge in [-0.15, -0.1) is 0 Å². The molecule has 13 aromatic rings. The summed E-state index contributed by atoms with van der Waals surface area (Å²) < 4.78 is 112. The van der Waals surface area contributed by atoms with Gasteiger partial charge in [0.2, 0.25) is 5.82 Å². The first-order valence-corrected chi connectivity index (χ1v) is 25.6. The van der Waals surface area contributed by atoms with E-state index in [1.165, 1.54) is 40.5 Å². The van der Waals surface area contributed by atoms with Gasteiger partial charge in [-0.05, 0) is 164 Å². The number of nitrogens with one attached hydrogen (secondary N) is 2. The number of pyridine rings is 7. The Balaban J connectivity index is 0.000000163. The number of H-pyrrole nitrogens is 2. The Morgan fingerprint density at radius 2 is 0.648 bits per heavy atom. The Hall–Kier alpha value is -10.4. The zero-order valence-electron chi connectivity index (χ0n) is 46.7. The number of aromatic nitrogens is 25. The molecular formula is C55H40F9N25Pt2. The number of aryl methyl sites for hydroxylation is 3. The number of alkyl halides is 9. The Morgan fingerprint density at radius 1 is 0.341 bits per heavy atom. The third-order valence-corrected chi connectivity index (χ3v) is 11.3. The first kappa shape index (κ1) is 68.1. The van der Waals surface area contributed by atoms with Gasteiger partial charge in [-0.1, -0.05) is 18.2 Å². The first-order valence-electron chi connectivity index (χ1n) is 25.6. The molecule has 0 unspecified atom stereocenters. The molecule has 2 N–H and O–H groups in total. The molecular weight excluding hydrogens is 1570 g/mol. The maximum Gasteiger partial charge on any atom is 2.00 e. The molecule has 0 bridgehead atoms. The Morgan fingerprint density at radius 3 is 0.934 bits per heavy atom. The van der Waals surface area contributed by atoms with Gasteiger partial charge in [0.1, 0.15) is 28.9 Å². The van der Waals surface area contributed by atoms with E-state index in [1.54, 1.807) is 57.2 Å². The minimum absolute atomic E-state index is 0. The van der Waals surface area contributed by atoms with Crippen molar-refractivity contribution in [2.45, 2.75) is 52.1 Å². The average molecular weight is 1610 g/mol. The molecule has 0 spiro atoms. The van der Waals surface area contributed by atoms with Gasteiger partial charge in [0.05, 0.1) is 22.8 Å². The topological polar surface area (TPSA) is 333 Å². The largest absolute Gasteiger partial charge is 2.00 e. The zero-order chi connectivity index (χ0) is 63.0. The molecule has 13 heterocycles. The maximum absolute atomic E-state index is 12.5. The number of nitrogens with zero attached hydrogens (tertiary/aromatic N) is 23. The van der Waals surface area contributed by atoms with Crippen LogP contribution in [-0.4, -0.2) is 106 Å². The average Bonchev–Trinajstić information content (AvgIpc) is 2.41. The molecule has 0 fully saturated rings. The number of hydrogen-bond acceptors (Lipinski definition) is 19. The van der Waals surface area contributed by atoms with Crippen molar-refractivity contribution < 1.29 is 81.6 Å². The van der Waals surface area contributed by atoms with Crippen LogP contribution < -0.4 is 20.4 Å². The summed E-state index contributed by atoms with van der Waals surface area (Å²) in [5.74, 6) is -1.86. The molecule has 468 valence electrons. The molecule has 0 radical (unpaired) electrons. The van der Waals surface area contributed by atoms with Gasteiger partial charge in [-0.25, -0.2) is 24.9 Å². The predicted molar refractivity (Wildman–Crippen MR) is 293 cm³/mol. The SMILES string of the molecule is Cc1n[n-]c(-c2cccc(-c3nc(C(F)(F)F)n[n-]3)n2)n1.Cc1n[n-]c(-c2cccc(-c3nc(C(F)(F)F)n[n-]3)n2)n1.Cc1nc(-c2cccc(-c3n[nH]c(C(F)(F)F)n3)n2)n[nH]1.[Pt+2].[Pt+2].c1cc(Cc2ccncc2)ccn1.c1cc(Cc2ccncc2)ccn1. The van der Waals surface area contributed by atoms with Crippen molar-refractivity contribution in [1.29, 1.82) is 0 Å². The van der Waals surface area contributed by atoms with Crippen LogP contribution in [0.2, 0.25) is 0 Å². The van der Waals surface area contributed by atoms with Crippen molar-refractivity contribution in [2.24, 2.45) is 0 Å². The molecule has 0 aliphatic heterocycles. The summed E-state index contributed by atoms with van der Waals surface area (Å²) in [5, 5.41) is 39.8. The van der Waals surface area contributed by atoms with Crippen LogP contribution in [0.25, 0.3) is 69.1 Å². The molecule has 0 aliphatic carbocycles. The Bertz CT molecular complexity index is 3840. The summed E-state index contributed by atoms with van der Waals surface area (Å²) >= 11 is 0.